The number of nitrogens with zero attached hydrogens (tertiary/aromatic N) is 3. The number of carbonyl (C=O) groups excluding carboxylic acids is 2. The maximum Gasteiger partial charge on any atom is 0.267 e. The van der Waals surface area contributed by atoms with Crippen LogP contribution in [0.5, 0.6) is 0 Å². The minimum Gasteiger partial charge on any atom is -0.370 e. The number of H-pyrrole nitrogens is 2. The average molecular weight is 768 g/mol. The van der Waals surface area contributed by atoms with Gasteiger partial charge in [-0.15, -0.1) is 11.6 Å². The molecule has 2 fully saturated rings. The van der Waals surface area contributed by atoms with Crippen molar-refractivity contribution in [2.75, 3.05) is 13.1 Å². The maximum absolute atomic E-state index is 13.0. The molecule has 8 atom stereocenters. The largest absolute Gasteiger partial charge is 0.370 e. The molecule has 0 radical (unpaired) electrons. The number of rotatable bonds is 6. The number of fused-ring (bicyclic) bond motifs is 3. The van der Waals surface area contributed by atoms with Crippen molar-refractivity contribution in [3.8, 4) is 0 Å². The van der Waals surface area contributed by atoms with Crippen molar-refractivity contribution in [1.29, 1.82) is 0 Å². The van der Waals surface area contributed by atoms with E-state index in [-0.39, 0.29) is 25.0 Å². The highest BCUT2D eigenvalue weighted by molar-refractivity contribution is 9.13. The topological polar surface area (TPSA) is 222 Å². The lowest BCUT2D eigenvalue weighted by Gasteiger charge is -2.39. The molecule has 0 unspecified atom stereocenters. The highest BCUT2D eigenvalue weighted by Gasteiger charge is 2.82. The Labute approximate surface area is 257 Å². The molecular formula is C22H24Br3ClN10O4. The van der Waals surface area contributed by atoms with E-state index in [0.29, 0.717) is 24.9 Å². The van der Waals surface area contributed by atoms with Gasteiger partial charge in [-0.2, -0.15) is 0 Å². The van der Waals surface area contributed by atoms with Crippen LogP contribution in [0.1, 0.15) is 21.0 Å². The van der Waals surface area contributed by atoms with E-state index in [1.54, 1.807) is 18.3 Å². The van der Waals surface area contributed by atoms with Gasteiger partial charge in [-0.1, -0.05) is 0 Å². The van der Waals surface area contributed by atoms with Crippen molar-refractivity contribution < 1.29 is 19.8 Å². The second kappa shape index (κ2) is 9.62. The summed E-state index contributed by atoms with van der Waals surface area (Å²) >= 11 is 17.2. The third-order valence-electron chi connectivity index (χ3n) is 8.19. The van der Waals surface area contributed by atoms with Crippen molar-refractivity contribution in [2.45, 2.75) is 29.0 Å². The van der Waals surface area contributed by atoms with Crippen LogP contribution < -0.4 is 27.4 Å². The van der Waals surface area contributed by atoms with Crippen LogP contribution in [0.15, 0.2) is 41.9 Å². The minimum absolute atomic E-state index is 0.0138. The van der Waals surface area contributed by atoms with E-state index in [0.717, 1.165) is 0 Å². The number of hydrogen-bond acceptors (Lipinski definition) is 10. The second-order valence-electron chi connectivity index (χ2n) is 10.2. The van der Waals surface area contributed by atoms with Crippen LogP contribution in [0.25, 0.3) is 0 Å². The van der Waals surface area contributed by atoms with Gasteiger partial charge in [-0.25, -0.2) is 9.98 Å². The summed E-state index contributed by atoms with van der Waals surface area (Å²) in [5.41, 5.74) is 9.64. The molecule has 214 valence electrons. The predicted molar refractivity (Wildman–Crippen MR) is 155 cm³/mol. The first kappa shape index (κ1) is 27.8. The Hall–Kier alpha value is -2.31. The van der Waals surface area contributed by atoms with Crippen LogP contribution in [0, 0.1) is 17.8 Å². The molecule has 6 rings (SSSR count). The summed E-state index contributed by atoms with van der Waals surface area (Å²) in [6.07, 6.45) is -0.799. The van der Waals surface area contributed by atoms with Crippen LogP contribution >= 0.6 is 59.4 Å². The fourth-order valence-corrected chi connectivity index (χ4v) is 8.35. The maximum atomic E-state index is 13.0. The smallest absolute Gasteiger partial charge is 0.267 e. The van der Waals surface area contributed by atoms with Gasteiger partial charge < -0.3 is 52.5 Å². The molecule has 2 aromatic heterocycles. The number of aromatic nitrogens is 2. The van der Waals surface area contributed by atoms with Crippen molar-refractivity contribution in [1.82, 2.24) is 30.8 Å². The molecule has 11 N–H and O–H groups in total. The fraction of sp³-hybridized carbons (Fsp3) is 0.455. The summed E-state index contributed by atoms with van der Waals surface area (Å²) in [5, 5.41) is 31.1. The summed E-state index contributed by atoms with van der Waals surface area (Å²) in [7, 11) is 0. The van der Waals surface area contributed by atoms with Crippen LogP contribution in [0.4, 0.5) is 0 Å². The molecule has 2 amide bonds. The highest BCUT2D eigenvalue weighted by Crippen LogP contribution is 2.63. The van der Waals surface area contributed by atoms with Crippen molar-refractivity contribution >= 4 is 83.1 Å². The number of alkyl halides is 1. The highest BCUT2D eigenvalue weighted by atomic mass is 79.9. The van der Waals surface area contributed by atoms with E-state index in [1.807, 2.05) is 0 Å². The number of aliphatic hydroxyl groups is 2. The number of aromatic amines is 2. The minimum atomic E-state index is -1.79. The lowest BCUT2D eigenvalue weighted by molar-refractivity contribution is -0.0560. The number of carbonyl (C=O) groups is 2. The van der Waals surface area contributed by atoms with Crippen molar-refractivity contribution in [3.05, 3.63) is 43.3 Å². The summed E-state index contributed by atoms with van der Waals surface area (Å²) in [5.74, 6) is -2.89. The van der Waals surface area contributed by atoms with Crippen molar-refractivity contribution in [2.24, 2.45) is 39.2 Å². The van der Waals surface area contributed by atoms with Gasteiger partial charge in [0.25, 0.3) is 11.8 Å². The quantitative estimate of drug-likeness (QED) is 0.180. The number of nitrogens with two attached hydrogens (primary N) is 2. The Bertz CT molecular complexity index is 1450. The first-order valence-corrected chi connectivity index (χ1v) is 14.9. The molecule has 1 spiro atoms. The van der Waals surface area contributed by atoms with Crippen molar-refractivity contribution in [3.63, 3.8) is 0 Å². The van der Waals surface area contributed by atoms with Gasteiger partial charge in [0, 0.05) is 35.6 Å². The molecule has 4 aliphatic rings. The van der Waals surface area contributed by atoms with Gasteiger partial charge in [-0.05, 0) is 65.8 Å². The lowest BCUT2D eigenvalue weighted by atomic mass is 9.77. The molecule has 40 heavy (non-hydrogen) atoms. The van der Waals surface area contributed by atoms with Crippen LogP contribution in [0.2, 0.25) is 0 Å². The monoisotopic (exact) mass is 764 g/mol. The predicted octanol–water partition coefficient (Wildman–Crippen LogP) is -0.107. The Morgan fingerprint density at radius 3 is 2.40 bits per heavy atom. The molecular weight excluding hydrogens is 743 g/mol. The third kappa shape index (κ3) is 3.84. The van der Waals surface area contributed by atoms with Gasteiger partial charge in [0.2, 0.25) is 0 Å². The van der Waals surface area contributed by atoms with E-state index < -0.39 is 58.6 Å². The first-order chi connectivity index (χ1) is 18.9. The molecule has 14 nitrogen and oxygen atoms in total. The zero-order valence-corrected chi connectivity index (χ0v) is 25.8. The zero-order chi connectivity index (χ0) is 28.7. The summed E-state index contributed by atoms with van der Waals surface area (Å²) < 4.78 is 1.98. The van der Waals surface area contributed by atoms with E-state index in [2.05, 4.69) is 83.7 Å². The van der Waals surface area contributed by atoms with Gasteiger partial charge in [0.1, 0.15) is 16.9 Å². The third-order valence-corrected chi connectivity index (χ3v) is 11.1. The number of hydrogen-bond donors (Lipinski definition) is 9. The molecule has 3 aliphatic heterocycles. The Morgan fingerprint density at radius 1 is 1.10 bits per heavy atom. The van der Waals surface area contributed by atoms with Crippen LogP contribution in [-0.2, 0) is 0 Å². The number of aliphatic hydroxyl groups excluding tert-OH is 1. The number of nitrogens with one attached hydrogen (secondary N) is 5. The Morgan fingerprint density at radius 2 is 1.77 bits per heavy atom. The number of guanidine groups is 2. The van der Waals surface area contributed by atoms with Gasteiger partial charge in [0.15, 0.2) is 30.0 Å². The number of amides is 2. The van der Waals surface area contributed by atoms with Crippen LogP contribution in [-0.4, -0.2) is 90.9 Å². The van der Waals surface area contributed by atoms with Crippen LogP contribution in [0.3, 0.4) is 0 Å². The molecule has 0 bridgehead atoms. The average Bonchev–Trinajstić information content (AvgIpc) is 3.68. The standard InChI is InChI=1S/C22H24Br3ClN10O4/c23-6-1-10(29-3-6)15(37)30-4-7-8(5-31-16(38)11-2-9(24)14(25)32-11)13(26)21-12(7)22(40)17(33-19(27)35-22)36(21)20(28)34-18(21)39/h1-3,7-8,12-13,17-18,29,32,39-40H,4-5H2,(H2,28,34)(H,30,37)(H,31,38)(H3,27,33,35)/t7-,8-,12+,13+,17+,18+,21+,22+/m1/s1. The van der Waals surface area contributed by atoms with Gasteiger partial charge in [-0.3, -0.25) is 9.59 Å². The van der Waals surface area contributed by atoms with Gasteiger partial charge in [0.05, 0.1) is 14.5 Å². The number of aliphatic imine (C=N–C) groups is 2. The zero-order valence-electron chi connectivity index (χ0n) is 20.3. The molecule has 1 saturated carbocycles. The fourth-order valence-electron chi connectivity index (χ4n) is 6.72. The lowest BCUT2D eigenvalue weighted by Crippen LogP contribution is -2.61. The Balaban J connectivity index is 1.35. The number of halogens is 4. The van der Waals surface area contributed by atoms with E-state index in [9.17, 15) is 19.8 Å². The Kier molecular flexibility index (Phi) is 6.70. The van der Waals surface area contributed by atoms with Gasteiger partial charge >= 0.3 is 0 Å². The normalized spacial score (nSPS) is 35.5. The summed E-state index contributed by atoms with van der Waals surface area (Å²) in [4.78, 5) is 41.8. The van der Waals surface area contributed by atoms with E-state index in [4.69, 9.17) is 23.1 Å². The second-order valence-corrected chi connectivity index (χ2v) is 13.2. The SMILES string of the molecule is NC1=N[C@H]2N3C(N)=N[C@@H](O)[C@@]34[C@H]([C@H](CNC(=O)c3cc(Br)c[nH]3)[C@@H](CNC(=O)c3cc(Br)c(Br)[nH]3)[C@@H]4Cl)[C@@]2(O)N1. The summed E-state index contributed by atoms with van der Waals surface area (Å²) in [6, 6.07) is 3.25. The molecule has 18 heteroatoms. The molecule has 1 aliphatic carbocycles. The van der Waals surface area contributed by atoms with E-state index >= 15 is 0 Å². The summed E-state index contributed by atoms with van der Waals surface area (Å²) in [6.45, 7) is 0.0774. The molecule has 2 aromatic rings. The van der Waals surface area contributed by atoms with E-state index in [1.165, 1.54) is 4.90 Å². The molecule has 1 saturated heterocycles. The molecule has 0 aromatic carbocycles. The first-order valence-electron chi connectivity index (χ1n) is 12.1. The molecule has 5 heterocycles.